The number of rotatable bonds is 3. The molecule has 1 aromatic rings. The van der Waals surface area contributed by atoms with Crippen molar-refractivity contribution in [3.8, 4) is 0 Å². The highest BCUT2D eigenvalue weighted by atomic mass is 127. The first kappa shape index (κ1) is 13.1. The van der Waals surface area contributed by atoms with Crippen molar-refractivity contribution in [2.24, 2.45) is 0 Å². The van der Waals surface area contributed by atoms with Crippen LogP contribution in [0.2, 0.25) is 0 Å². The average Bonchev–Trinajstić information content (AvgIpc) is 2.34. The van der Waals surface area contributed by atoms with Gasteiger partial charge in [0.25, 0.3) is 0 Å². The Morgan fingerprint density at radius 2 is 2.29 bits per heavy atom. The molecule has 0 spiro atoms. The van der Waals surface area contributed by atoms with Gasteiger partial charge in [0.1, 0.15) is 0 Å². The highest BCUT2D eigenvalue weighted by molar-refractivity contribution is 14.1. The zero-order chi connectivity index (χ0) is 12.3. The second-order valence-electron chi connectivity index (χ2n) is 4.73. The normalized spacial score (nSPS) is 24.6. The molecule has 1 saturated heterocycles. The minimum atomic E-state index is 0.436. The van der Waals surface area contributed by atoms with Gasteiger partial charge in [0.2, 0.25) is 0 Å². The van der Waals surface area contributed by atoms with Crippen molar-refractivity contribution in [3.63, 3.8) is 0 Å². The van der Waals surface area contributed by atoms with Crippen molar-refractivity contribution in [2.75, 3.05) is 11.9 Å². The topological polar surface area (TPSA) is 21.3 Å². The van der Waals surface area contributed by atoms with E-state index in [0.717, 1.165) is 25.9 Å². The van der Waals surface area contributed by atoms with Crippen LogP contribution in [0.3, 0.4) is 0 Å². The summed E-state index contributed by atoms with van der Waals surface area (Å²) >= 11 is 2.39. The van der Waals surface area contributed by atoms with Crippen molar-refractivity contribution in [1.29, 1.82) is 0 Å². The minimum Gasteiger partial charge on any atom is -0.382 e. The number of aryl methyl sites for hydroxylation is 1. The monoisotopic (exact) mass is 345 g/mol. The van der Waals surface area contributed by atoms with Crippen molar-refractivity contribution >= 4 is 28.3 Å². The Labute approximate surface area is 117 Å². The van der Waals surface area contributed by atoms with Crippen molar-refractivity contribution in [3.05, 3.63) is 27.3 Å². The van der Waals surface area contributed by atoms with Gasteiger partial charge in [-0.2, -0.15) is 0 Å². The number of ether oxygens (including phenoxy) is 1. The van der Waals surface area contributed by atoms with Crippen LogP contribution in [0.25, 0.3) is 0 Å². The second kappa shape index (κ2) is 6.05. The standard InChI is InChI=1S/C14H20INO/c1-3-13-8-12(6-7-17-13)16-11-5-4-10(2)14(15)9-11/h4-5,9,12-13,16H,3,6-8H2,1-2H3. The van der Waals surface area contributed by atoms with Gasteiger partial charge in [-0.3, -0.25) is 0 Å². The summed E-state index contributed by atoms with van der Waals surface area (Å²) in [6, 6.07) is 7.15. The molecule has 1 aromatic carbocycles. The van der Waals surface area contributed by atoms with E-state index >= 15 is 0 Å². The van der Waals surface area contributed by atoms with Crippen LogP contribution < -0.4 is 5.32 Å². The van der Waals surface area contributed by atoms with Crippen molar-refractivity contribution in [1.82, 2.24) is 0 Å². The van der Waals surface area contributed by atoms with Gasteiger partial charge in [0.15, 0.2) is 0 Å². The Hall–Kier alpha value is -0.290. The summed E-state index contributed by atoms with van der Waals surface area (Å²) in [6.07, 6.45) is 3.79. The van der Waals surface area contributed by atoms with E-state index in [1.807, 2.05) is 0 Å². The van der Waals surface area contributed by atoms with Crippen LogP contribution >= 0.6 is 22.6 Å². The first-order valence-electron chi connectivity index (χ1n) is 6.33. The van der Waals surface area contributed by atoms with Crippen LogP contribution in [-0.4, -0.2) is 18.8 Å². The Morgan fingerprint density at radius 3 is 3.00 bits per heavy atom. The molecule has 3 heteroatoms. The molecule has 0 saturated carbocycles. The second-order valence-corrected chi connectivity index (χ2v) is 5.89. The Kier molecular flexibility index (Phi) is 4.68. The molecular formula is C14H20INO. The lowest BCUT2D eigenvalue weighted by molar-refractivity contribution is 0.00925. The van der Waals surface area contributed by atoms with Gasteiger partial charge in [0, 0.05) is 21.9 Å². The van der Waals surface area contributed by atoms with Gasteiger partial charge in [-0.1, -0.05) is 13.0 Å². The van der Waals surface area contributed by atoms with Crippen LogP contribution in [-0.2, 0) is 4.74 Å². The first-order valence-corrected chi connectivity index (χ1v) is 7.41. The lowest BCUT2D eigenvalue weighted by atomic mass is 10.0. The third-order valence-corrected chi connectivity index (χ3v) is 4.53. The summed E-state index contributed by atoms with van der Waals surface area (Å²) in [5, 5.41) is 3.63. The summed E-state index contributed by atoms with van der Waals surface area (Å²) in [6.45, 7) is 5.23. The van der Waals surface area contributed by atoms with Crippen LogP contribution in [0.4, 0.5) is 5.69 Å². The van der Waals surface area contributed by atoms with E-state index in [1.165, 1.54) is 14.8 Å². The molecule has 94 valence electrons. The van der Waals surface area contributed by atoms with Crippen molar-refractivity contribution in [2.45, 2.75) is 45.3 Å². The molecule has 2 rings (SSSR count). The first-order chi connectivity index (χ1) is 8.19. The molecule has 1 heterocycles. The summed E-state index contributed by atoms with van der Waals surface area (Å²) < 4.78 is 7.02. The highest BCUT2D eigenvalue weighted by Crippen LogP contribution is 2.22. The lowest BCUT2D eigenvalue weighted by Crippen LogP contribution is -2.33. The van der Waals surface area contributed by atoms with E-state index in [0.29, 0.717) is 12.1 Å². The summed E-state index contributed by atoms with van der Waals surface area (Å²) in [7, 11) is 0. The molecule has 1 aliphatic heterocycles. The van der Waals surface area contributed by atoms with E-state index in [1.54, 1.807) is 0 Å². The van der Waals surface area contributed by atoms with E-state index < -0.39 is 0 Å². The molecular weight excluding hydrogens is 325 g/mol. The zero-order valence-corrected chi connectivity index (χ0v) is 12.7. The third-order valence-electron chi connectivity index (χ3n) is 3.37. The molecule has 1 fully saturated rings. The Morgan fingerprint density at radius 1 is 1.47 bits per heavy atom. The number of anilines is 1. The number of halogens is 1. The van der Waals surface area contributed by atoms with Crippen LogP contribution in [0.15, 0.2) is 18.2 Å². The van der Waals surface area contributed by atoms with Crippen LogP contribution in [0.5, 0.6) is 0 Å². The molecule has 2 unspecified atom stereocenters. The Balaban J connectivity index is 1.97. The van der Waals surface area contributed by atoms with Crippen LogP contribution in [0.1, 0.15) is 31.7 Å². The molecule has 0 aromatic heterocycles. The minimum absolute atomic E-state index is 0.436. The fourth-order valence-corrected chi connectivity index (χ4v) is 2.73. The predicted molar refractivity (Wildman–Crippen MR) is 80.6 cm³/mol. The van der Waals surface area contributed by atoms with Gasteiger partial charge in [-0.15, -0.1) is 0 Å². The van der Waals surface area contributed by atoms with Gasteiger partial charge in [0.05, 0.1) is 6.10 Å². The molecule has 0 amide bonds. The van der Waals surface area contributed by atoms with E-state index in [4.69, 9.17) is 4.74 Å². The highest BCUT2D eigenvalue weighted by Gasteiger charge is 2.20. The smallest absolute Gasteiger partial charge is 0.0592 e. The third kappa shape index (κ3) is 3.58. The number of hydrogen-bond donors (Lipinski definition) is 1. The number of hydrogen-bond acceptors (Lipinski definition) is 2. The average molecular weight is 345 g/mol. The van der Waals surface area contributed by atoms with E-state index in [-0.39, 0.29) is 0 Å². The van der Waals surface area contributed by atoms with E-state index in [9.17, 15) is 0 Å². The predicted octanol–water partition coefficient (Wildman–Crippen LogP) is 3.97. The quantitative estimate of drug-likeness (QED) is 0.837. The van der Waals surface area contributed by atoms with Crippen LogP contribution in [0, 0.1) is 10.5 Å². The molecule has 17 heavy (non-hydrogen) atoms. The van der Waals surface area contributed by atoms with E-state index in [2.05, 4.69) is 60.0 Å². The molecule has 1 N–H and O–H groups in total. The van der Waals surface area contributed by atoms with Gasteiger partial charge in [-0.05, 0) is 66.5 Å². The molecule has 2 nitrogen and oxygen atoms in total. The zero-order valence-electron chi connectivity index (χ0n) is 10.5. The lowest BCUT2D eigenvalue weighted by Gasteiger charge is -2.30. The van der Waals surface area contributed by atoms with Gasteiger partial charge in [-0.25, -0.2) is 0 Å². The fraction of sp³-hybridized carbons (Fsp3) is 0.571. The maximum Gasteiger partial charge on any atom is 0.0592 e. The molecule has 0 aliphatic carbocycles. The molecule has 0 bridgehead atoms. The summed E-state index contributed by atoms with van der Waals surface area (Å²) in [4.78, 5) is 0. The summed E-state index contributed by atoms with van der Waals surface area (Å²) in [5.74, 6) is 0. The number of nitrogens with one attached hydrogen (secondary N) is 1. The molecule has 2 atom stereocenters. The van der Waals surface area contributed by atoms with Gasteiger partial charge >= 0.3 is 0 Å². The molecule has 0 radical (unpaired) electrons. The largest absolute Gasteiger partial charge is 0.382 e. The number of benzene rings is 1. The van der Waals surface area contributed by atoms with Gasteiger partial charge < -0.3 is 10.1 Å². The maximum absolute atomic E-state index is 5.70. The SMILES string of the molecule is CCC1CC(Nc2ccc(C)c(I)c2)CCO1. The maximum atomic E-state index is 5.70. The summed E-state index contributed by atoms with van der Waals surface area (Å²) in [5.41, 5.74) is 2.58. The molecule has 1 aliphatic rings. The fourth-order valence-electron chi connectivity index (χ4n) is 2.21. The Bertz CT molecular complexity index is 380. The van der Waals surface area contributed by atoms with Crippen molar-refractivity contribution < 1.29 is 4.74 Å².